The van der Waals surface area contributed by atoms with Gasteiger partial charge in [-0.2, -0.15) is 0 Å². The zero-order valence-corrected chi connectivity index (χ0v) is 33.3. The Kier molecular flexibility index (Phi) is 6.78. The third kappa shape index (κ3) is 4.60. The third-order valence-corrected chi connectivity index (χ3v) is 13.3. The predicted molar refractivity (Wildman–Crippen MR) is 251 cm³/mol. The van der Waals surface area contributed by atoms with E-state index in [2.05, 4.69) is 217 Å². The van der Waals surface area contributed by atoms with Gasteiger partial charge in [0.1, 0.15) is 0 Å². The van der Waals surface area contributed by atoms with E-state index in [0.29, 0.717) is 0 Å². The van der Waals surface area contributed by atoms with Crippen molar-refractivity contribution in [1.29, 1.82) is 0 Å². The second-order valence-electron chi connectivity index (χ2n) is 16.9. The smallest absolute Gasteiger partial charge is 0.159 e. The van der Waals surface area contributed by atoms with Gasteiger partial charge < -0.3 is 14.2 Å². The van der Waals surface area contributed by atoms with E-state index in [-0.39, 0.29) is 5.41 Å². The Hall–Kier alpha value is -7.62. The lowest BCUT2D eigenvalue weighted by Crippen LogP contribution is -2.18. The lowest BCUT2D eigenvalue weighted by atomic mass is 9.82. The summed E-state index contributed by atoms with van der Waals surface area (Å²) in [5, 5.41) is 9.72. The number of rotatable bonds is 3. The Balaban J connectivity index is 1.03. The van der Waals surface area contributed by atoms with E-state index < -0.39 is 0 Å². The molecule has 60 heavy (non-hydrogen) atoms. The van der Waals surface area contributed by atoms with Crippen molar-refractivity contribution < 1.29 is 4.74 Å². The molecule has 0 radical (unpaired) electrons. The number of benzene rings is 10. The average molecular weight is 767 g/mol. The molecular formula is C57H38N2O. The van der Waals surface area contributed by atoms with Crippen LogP contribution in [0.3, 0.4) is 0 Å². The Morgan fingerprint density at radius 2 is 1.07 bits per heavy atom. The zero-order valence-electron chi connectivity index (χ0n) is 33.3. The lowest BCUT2D eigenvalue weighted by molar-refractivity contribution is 0.482. The number of hydrogen-bond acceptors (Lipinski definition) is 2. The van der Waals surface area contributed by atoms with Gasteiger partial charge in [0.25, 0.3) is 0 Å². The van der Waals surface area contributed by atoms with Gasteiger partial charge in [0.15, 0.2) is 11.5 Å². The van der Waals surface area contributed by atoms with Crippen molar-refractivity contribution in [3.63, 3.8) is 0 Å². The highest BCUT2D eigenvalue weighted by Gasteiger charge is 2.37. The van der Waals surface area contributed by atoms with Gasteiger partial charge in [0.2, 0.25) is 0 Å². The van der Waals surface area contributed by atoms with Crippen molar-refractivity contribution >= 4 is 71.2 Å². The Morgan fingerprint density at radius 1 is 0.417 bits per heavy atom. The van der Waals surface area contributed by atoms with Crippen molar-refractivity contribution in [2.45, 2.75) is 19.3 Å². The summed E-state index contributed by atoms with van der Waals surface area (Å²) in [7, 11) is 0. The van der Waals surface area contributed by atoms with Gasteiger partial charge in [-0.1, -0.05) is 153 Å². The fraction of sp³-hybridized carbons (Fsp3) is 0.0526. The molecule has 1 aliphatic carbocycles. The van der Waals surface area contributed by atoms with E-state index in [1.165, 1.54) is 71.3 Å². The largest absolute Gasteiger partial charge is 0.452 e. The highest BCUT2D eigenvalue weighted by atomic mass is 16.5. The van der Waals surface area contributed by atoms with Crippen LogP contribution >= 0.6 is 0 Å². The molecule has 0 saturated heterocycles. The minimum Gasteiger partial charge on any atom is -0.452 e. The van der Waals surface area contributed by atoms with Crippen molar-refractivity contribution in [3.05, 3.63) is 205 Å². The number of fused-ring (bicyclic) bond motifs is 13. The van der Waals surface area contributed by atoms with Gasteiger partial charge in [0.05, 0.1) is 28.1 Å². The van der Waals surface area contributed by atoms with Crippen molar-refractivity contribution in [3.8, 4) is 39.4 Å². The monoisotopic (exact) mass is 766 g/mol. The standard InChI is InChI=1S/C57H38N2O/c1-57(2)47-20-10-9-19-44(47)45-27-26-40(34-48(45)57)58-52-30-23-37-14-5-8-18-43(37)56(52)60-54-31-25-39(33-53(54)58)38-24-28-50-46(32-38)55-42-17-7-4-13-36(42)22-29-51(55)59(50)49-21-11-15-35-12-3-6-16-41(35)49/h3-34H,1-2H3. The molecule has 0 N–H and O–H groups in total. The van der Waals surface area contributed by atoms with Crippen LogP contribution in [0.5, 0.6) is 11.5 Å². The molecule has 3 heteroatoms. The minimum absolute atomic E-state index is 0.129. The van der Waals surface area contributed by atoms with Crippen LogP contribution in [0.25, 0.3) is 82.1 Å². The normalized spacial score (nSPS) is 13.7. The van der Waals surface area contributed by atoms with Gasteiger partial charge in [-0.15, -0.1) is 0 Å². The minimum atomic E-state index is -0.129. The molecule has 2 heterocycles. The van der Waals surface area contributed by atoms with E-state index in [1.807, 2.05) is 0 Å². The van der Waals surface area contributed by atoms with Gasteiger partial charge in [-0.05, 0) is 110 Å². The molecular weight excluding hydrogens is 729 g/mol. The first-order chi connectivity index (χ1) is 29.5. The summed E-state index contributed by atoms with van der Waals surface area (Å²) in [4.78, 5) is 2.42. The fourth-order valence-electron chi connectivity index (χ4n) is 10.5. The molecule has 1 aromatic heterocycles. The summed E-state index contributed by atoms with van der Waals surface area (Å²) in [5.74, 6) is 1.72. The van der Waals surface area contributed by atoms with Crippen LogP contribution in [0.2, 0.25) is 0 Å². The first-order valence-corrected chi connectivity index (χ1v) is 20.8. The molecule has 0 fully saturated rings. The topological polar surface area (TPSA) is 17.4 Å². The second kappa shape index (κ2) is 12.2. The number of ether oxygens (including phenoxy) is 1. The summed E-state index contributed by atoms with van der Waals surface area (Å²) in [6.07, 6.45) is 0. The maximum absolute atomic E-state index is 6.94. The average Bonchev–Trinajstić information content (AvgIpc) is 3.75. The maximum Gasteiger partial charge on any atom is 0.159 e. The summed E-state index contributed by atoms with van der Waals surface area (Å²) >= 11 is 0. The second-order valence-corrected chi connectivity index (χ2v) is 16.9. The van der Waals surface area contributed by atoms with E-state index in [4.69, 9.17) is 4.74 Å². The summed E-state index contributed by atoms with van der Waals surface area (Å²) in [6.45, 7) is 4.70. The first kappa shape index (κ1) is 33.4. The molecule has 3 nitrogen and oxygen atoms in total. The Morgan fingerprint density at radius 3 is 1.93 bits per heavy atom. The molecule has 0 bridgehead atoms. The van der Waals surface area contributed by atoms with Crippen molar-refractivity contribution in [2.24, 2.45) is 0 Å². The molecule has 0 atom stereocenters. The first-order valence-electron chi connectivity index (χ1n) is 20.8. The summed E-state index contributed by atoms with van der Waals surface area (Å²) in [5.41, 5.74) is 14.3. The number of aromatic nitrogens is 1. The summed E-state index contributed by atoms with van der Waals surface area (Å²) < 4.78 is 9.39. The molecule has 1 aliphatic heterocycles. The Bertz CT molecular complexity index is 3620. The number of hydrogen-bond donors (Lipinski definition) is 0. The van der Waals surface area contributed by atoms with Crippen LogP contribution in [0.15, 0.2) is 194 Å². The van der Waals surface area contributed by atoms with Crippen LogP contribution in [0, 0.1) is 0 Å². The van der Waals surface area contributed by atoms with Crippen LogP contribution < -0.4 is 9.64 Å². The van der Waals surface area contributed by atoms with E-state index >= 15 is 0 Å². The molecule has 11 aromatic rings. The van der Waals surface area contributed by atoms with E-state index in [1.54, 1.807) is 0 Å². The van der Waals surface area contributed by atoms with E-state index in [9.17, 15) is 0 Å². The molecule has 13 rings (SSSR count). The molecule has 282 valence electrons. The highest BCUT2D eigenvalue weighted by Crippen LogP contribution is 2.56. The predicted octanol–water partition coefficient (Wildman–Crippen LogP) is 15.8. The number of nitrogens with zero attached hydrogens (tertiary/aromatic N) is 2. The molecule has 0 spiro atoms. The SMILES string of the molecule is CC1(C)c2ccccc2-c2ccc(N3c4cc(-c5ccc6c(c5)c5c7ccccc7ccc5n6-c5cccc6ccccc56)ccc4Oc4c3ccc3ccccc43)cc21. The molecule has 2 aliphatic rings. The molecule has 0 unspecified atom stereocenters. The van der Waals surface area contributed by atoms with Gasteiger partial charge in [-0.3, -0.25) is 0 Å². The third-order valence-electron chi connectivity index (χ3n) is 13.3. The van der Waals surface area contributed by atoms with Crippen LogP contribution in [-0.2, 0) is 5.41 Å². The summed E-state index contributed by atoms with van der Waals surface area (Å²) in [6, 6.07) is 71.2. The fourth-order valence-corrected chi connectivity index (χ4v) is 10.5. The van der Waals surface area contributed by atoms with Crippen molar-refractivity contribution in [1.82, 2.24) is 4.57 Å². The van der Waals surface area contributed by atoms with Crippen LogP contribution in [0.1, 0.15) is 25.0 Å². The number of anilines is 3. The van der Waals surface area contributed by atoms with E-state index in [0.717, 1.165) is 50.5 Å². The maximum atomic E-state index is 6.94. The van der Waals surface area contributed by atoms with Gasteiger partial charge in [-0.25, -0.2) is 0 Å². The molecule has 0 amide bonds. The van der Waals surface area contributed by atoms with Gasteiger partial charge in [0, 0.05) is 32.6 Å². The van der Waals surface area contributed by atoms with Gasteiger partial charge >= 0.3 is 0 Å². The van der Waals surface area contributed by atoms with Crippen molar-refractivity contribution in [2.75, 3.05) is 4.90 Å². The lowest BCUT2D eigenvalue weighted by Gasteiger charge is -2.34. The molecule has 0 saturated carbocycles. The van der Waals surface area contributed by atoms with Crippen LogP contribution in [0.4, 0.5) is 17.1 Å². The van der Waals surface area contributed by atoms with Crippen LogP contribution in [-0.4, -0.2) is 4.57 Å². The molecule has 10 aromatic carbocycles. The quantitative estimate of drug-likeness (QED) is 0.178. The highest BCUT2D eigenvalue weighted by molar-refractivity contribution is 6.22. The Labute approximate surface area is 348 Å². The zero-order chi connectivity index (χ0) is 39.7.